The monoisotopic (exact) mass is 282 g/mol. The summed E-state index contributed by atoms with van der Waals surface area (Å²) in [4.78, 5) is 7.99. The van der Waals surface area contributed by atoms with Gasteiger partial charge < -0.3 is 5.32 Å². The summed E-state index contributed by atoms with van der Waals surface area (Å²) >= 11 is 0. The van der Waals surface area contributed by atoms with Crippen molar-refractivity contribution in [3.05, 3.63) is 30.3 Å². The minimum atomic E-state index is -2.16. The van der Waals surface area contributed by atoms with Crippen LogP contribution in [0.3, 0.4) is 0 Å². The third kappa shape index (κ3) is 3.17. The maximum absolute atomic E-state index is 13.6. The molecular weight excluding hydrogens is 267 g/mol. The van der Waals surface area contributed by atoms with E-state index in [2.05, 4.69) is 19.6 Å². The quantitative estimate of drug-likeness (QED) is 0.930. The molecule has 0 saturated heterocycles. The van der Waals surface area contributed by atoms with Crippen LogP contribution >= 0.6 is 0 Å². The summed E-state index contributed by atoms with van der Waals surface area (Å²) in [5.74, 6) is 0.561. The highest BCUT2D eigenvalue weighted by atomic mass is 32.2. The average molecular weight is 282 g/mol. The maximum Gasteiger partial charge on any atom is 0.149 e. The third-order valence-electron chi connectivity index (χ3n) is 2.78. The lowest BCUT2D eigenvalue weighted by atomic mass is 10.2. The molecule has 2 aromatic rings. The maximum atomic E-state index is 13.6. The number of halogens is 1. The lowest BCUT2D eigenvalue weighted by Crippen LogP contribution is -2.15. The van der Waals surface area contributed by atoms with Crippen LogP contribution in [0, 0.1) is 5.82 Å². The first-order valence-corrected chi connectivity index (χ1v) is 7.84. The summed E-state index contributed by atoms with van der Waals surface area (Å²) < 4.78 is 29.1. The van der Waals surface area contributed by atoms with Gasteiger partial charge in [0.25, 0.3) is 0 Å². The molecule has 1 N–H and O–H groups in total. The Morgan fingerprint density at radius 1 is 1.42 bits per heavy atom. The van der Waals surface area contributed by atoms with Crippen molar-refractivity contribution in [2.24, 2.45) is 4.36 Å². The van der Waals surface area contributed by atoms with Gasteiger partial charge in [-0.1, -0.05) is 6.07 Å². The molecule has 0 aliphatic carbocycles. The summed E-state index contributed by atoms with van der Waals surface area (Å²) in [6, 6.07) is 4.71. The molecule has 1 aromatic carbocycles. The summed E-state index contributed by atoms with van der Waals surface area (Å²) in [7, 11) is -0.617. The highest BCUT2D eigenvalue weighted by molar-refractivity contribution is 7.92. The SMILES string of the molecule is CN=S(C)(=O)CCNc1ncnc2c(F)cccc12. The highest BCUT2D eigenvalue weighted by Gasteiger charge is 2.07. The molecule has 1 heterocycles. The minimum Gasteiger partial charge on any atom is -0.368 e. The molecular formula is C12H15FN4OS. The normalized spacial score (nSPS) is 14.1. The van der Waals surface area contributed by atoms with E-state index < -0.39 is 9.73 Å². The Morgan fingerprint density at radius 2 is 2.21 bits per heavy atom. The van der Waals surface area contributed by atoms with Gasteiger partial charge in [0.15, 0.2) is 0 Å². The Bertz CT molecular complexity index is 710. The zero-order chi connectivity index (χ0) is 13.9. The van der Waals surface area contributed by atoms with Crippen LogP contribution in [0.1, 0.15) is 0 Å². The second-order valence-electron chi connectivity index (χ2n) is 4.13. The molecule has 5 nitrogen and oxygen atoms in total. The van der Waals surface area contributed by atoms with Gasteiger partial charge >= 0.3 is 0 Å². The van der Waals surface area contributed by atoms with Gasteiger partial charge in [-0.05, 0) is 12.1 Å². The van der Waals surface area contributed by atoms with Crippen molar-refractivity contribution in [3.63, 3.8) is 0 Å². The number of nitrogens with zero attached hydrogens (tertiary/aromatic N) is 3. The molecule has 0 spiro atoms. The topological polar surface area (TPSA) is 67.2 Å². The Labute approximate surface area is 111 Å². The van der Waals surface area contributed by atoms with Gasteiger partial charge in [-0.25, -0.2) is 22.9 Å². The van der Waals surface area contributed by atoms with Gasteiger partial charge in [0.2, 0.25) is 0 Å². The summed E-state index contributed by atoms with van der Waals surface area (Å²) in [6.45, 7) is 0.454. The van der Waals surface area contributed by atoms with Crippen molar-refractivity contribution in [3.8, 4) is 0 Å². The van der Waals surface area contributed by atoms with E-state index in [0.717, 1.165) is 0 Å². The molecule has 1 unspecified atom stereocenters. The standard InChI is InChI=1S/C12H15FN4OS/c1-14-19(2,18)7-6-15-12-9-4-3-5-10(13)11(9)16-8-17-12/h3-5,8H,6-7H2,1-2H3,(H,15,16,17). The molecule has 102 valence electrons. The van der Waals surface area contributed by atoms with Crippen LogP contribution in [-0.2, 0) is 9.73 Å². The lowest BCUT2D eigenvalue weighted by Gasteiger charge is -2.09. The second-order valence-corrected chi connectivity index (χ2v) is 6.82. The number of aromatic nitrogens is 2. The van der Waals surface area contributed by atoms with Crippen molar-refractivity contribution >= 4 is 26.4 Å². The molecule has 0 aliphatic heterocycles. The van der Waals surface area contributed by atoms with Crippen molar-refractivity contribution in [2.45, 2.75) is 0 Å². The second kappa shape index (κ2) is 5.48. The van der Waals surface area contributed by atoms with Crippen LogP contribution in [0.25, 0.3) is 10.9 Å². The first kappa shape index (κ1) is 13.7. The highest BCUT2D eigenvalue weighted by Crippen LogP contribution is 2.20. The number of para-hydroxylation sites is 1. The molecule has 0 saturated carbocycles. The van der Waals surface area contributed by atoms with Gasteiger partial charge in [-0.2, -0.15) is 0 Å². The van der Waals surface area contributed by atoms with E-state index >= 15 is 0 Å². The van der Waals surface area contributed by atoms with Crippen LogP contribution in [0.2, 0.25) is 0 Å². The Kier molecular flexibility index (Phi) is 3.94. The minimum absolute atomic E-state index is 0.275. The van der Waals surface area contributed by atoms with Crippen LogP contribution in [0.15, 0.2) is 28.9 Å². The van der Waals surface area contributed by atoms with Crippen LogP contribution in [-0.4, -0.2) is 39.8 Å². The lowest BCUT2D eigenvalue weighted by molar-refractivity contribution is 0.636. The van der Waals surface area contributed by atoms with E-state index in [-0.39, 0.29) is 11.3 Å². The van der Waals surface area contributed by atoms with E-state index in [4.69, 9.17) is 0 Å². The first-order chi connectivity index (χ1) is 9.03. The number of hydrogen-bond acceptors (Lipinski definition) is 5. The molecule has 1 aromatic heterocycles. The molecule has 2 rings (SSSR count). The molecule has 0 amide bonds. The zero-order valence-corrected chi connectivity index (χ0v) is 11.6. The van der Waals surface area contributed by atoms with Crippen molar-refractivity contribution in [1.29, 1.82) is 0 Å². The fourth-order valence-electron chi connectivity index (χ4n) is 1.64. The van der Waals surface area contributed by atoms with Crippen LogP contribution in [0.4, 0.5) is 10.2 Å². The van der Waals surface area contributed by atoms with E-state index in [1.807, 2.05) is 0 Å². The van der Waals surface area contributed by atoms with E-state index in [0.29, 0.717) is 23.5 Å². The van der Waals surface area contributed by atoms with Gasteiger partial charge in [-0.15, -0.1) is 0 Å². The molecule has 0 fully saturated rings. The number of hydrogen-bond donors (Lipinski definition) is 1. The van der Waals surface area contributed by atoms with E-state index in [1.54, 1.807) is 18.4 Å². The van der Waals surface area contributed by atoms with Gasteiger partial charge in [0.1, 0.15) is 23.5 Å². The van der Waals surface area contributed by atoms with Gasteiger partial charge in [0, 0.05) is 40.7 Å². The Balaban J connectivity index is 2.22. The van der Waals surface area contributed by atoms with Crippen molar-refractivity contribution in [1.82, 2.24) is 9.97 Å². The summed E-state index contributed by atoms with van der Waals surface area (Å²) in [5, 5.41) is 3.66. The number of anilines is 1. The molecule has 7 heteroatoms. The van der Waals surface area contributed by atoms with E-state index in [1.165, 1.54) is 19.4 Å². The smallest absolute Gasteiger partial charge is 0.149 e. The number of fused-ring (bicyclic) bond motifs is 1. The Hall–Kier alpha value is -1.76. The number of benzene rings is 1. The largest absolute Gasteiger partial charge is 0.368 e. The molecule has 0 aliphatic rings. The molecule has 19 heavy (non-hydrogen) atoms. The van der Waals surface area contributed by atoms with Crippen molar-refractivity contribution < 1.29 is 8.60 Å². The zero-order valence-electron chi connectivity index (χ0n) is 10.8. The summed E-state index contributed by atoms with van der Waals surface area (Å²) in [6.07, 6.45) is 2.91. The van der Waals surface area contributed by atoms with Crippen LogP contribution in [0.5, 0.6) is 0 Å². The molecule has 0 bridgehead atoms. The predicted molar refractivity (Wildman–Crippen MR) is 75.3 cm³/mol. The average Bonchev–Trinajstić information content (AvgIpc) is 2.40. The number of nitrogens with one attached hydrogen (secondary N) is 1. The van der Waals surface area contributed by atoms with E-state index in [9.17, 15) is 8.60 Å². The van der Waals surface area contributed by atoms with Crippen molar-refractivity contribution in [2.75, 3.05) is 30.9 Å². The number of rotatable bonds is 4. The third-order valence-corrected chi connectivity index (χ3v) is 4.51. The predicted octanol–water partition coefficient (Wildman–Crippen LogP) is 1.91. The Morgan fingerprint density at radius 3 is 2.95 bits per heavy atom. The van der Waals surface area contributed by atoms with Gasteiger partial charge in [-0.3, -0.25) is 0 Å². The summed E-state index contributed by atoms with van der Waals surface area (Å²) in [5.41, 5.74) is 0.275. The van der Waals surface area contributed by atoms with Crippen LogP contribution < -0.4 is 5.32 Å². The van der Waals surface area contributed by atoms with Gasteiger partial charge in [0.05, 0.1) is 0 Å². The fourth-order valence-corrected chi connectivity index (χ4v) is 2.31. The molecule has 0 radical (unpaired) electrons. The first-order valence-electron chi connectivity index (χ1n) is 5.74. The fraction of sp³-hybridized carbons (Fsp3) is 0.333. The molecule has 1 atom stereocenters.